The maximum absolute atomic E-state index is 13.0. The number of aromatic nitrogens is 2. The number of amides is 3. The van der Waals surface area contributed by atoms with E-state index in [1.165, 1.54) is 0 Å². The summed E-state index contributed by atoms with van der Waals surface area (Å²) in [4.78, 5) is 34.3. The average Bonchev–Trinajstić information content (AvgIpc) is 3.43. The van der Waals surface area contributed by atoms with Crippen molar-refractivity contribution in [2.75, 3.05) is 33.4 Å². The van der Waals surface area contributed by atoms with Crippen molar-refractivity contribution in [2.45, 2.75) is 24.1 Å². The van der Waals surface area contributed by atoms with E-state index < -0.39 is 27.2 Å². The minimum absolute atomic E-state index is 0.0949. The highest BCUT2D eigenvalue weighted by Crippen LogP contribution is 2.31. The van der Waals surface area contributed by atoms with Gasteiger partial charge in [-0.15, -0.1) is 0 Å². The third kappa shape index (κ3) is 5.00. The largest absolute Gasteiger partial charge is 0.497 e. The predicted octanol–water partition coefficient (Wildman–Crippen LogP) is 1.79. The van der Waals surface area contributed by atoms with Gasteiger partial charge in [-0.2, -0.15) is 0 Å². The van der Waals surface area contributed by atoms with Crippen molar-refractivity contribution in [2.24, 2.45) is 0 Å². The number of carbonyl (C=O) groups excluding carboxylic acids is 2. The highest BCUT2D eigenvalue weighted by Gasteiger charge is 2.37. The molecular weight excluding hydrogens is 486 g/mol. The van der Waals surface area contributed by atoms with Crippen molar-refractivity contribution in [3.63, 3.8) is 0 Å². The van der Waals surface area contributed by atoms with Crippen molar-refractivity contribution >= 4 is 33.0 Å². The van der Waals surface area contributed by atoms with E-state index in [9.17, 15) is 18.0 Å². The monoisotopic (exact) mass is 513 g/mol. The molecule has 3 N–H and O–H groups in total. The summed E-state index contributed by atoms with van der Waals surface area (Å²) >= 11 is 0. The lowest BCUT2D eigenvalue weighted by Gasteiger charge is -2.29. The van der Waals surface area contributed by atoms with Gasteiger partial charge in [-0.3, -0.25) is 9.52 Å². The van der Waals surface area contributed by atoms with Crippen molar-refractivity contribution in [1.29, 1.82) is 0 Å². The molecule has 1 unspecified atom stereocenters. The van der Waals surface area contributed by atoms with Gasteiger partial charge in [-0.25, -0.2) is 18.2 Å². The summed E-state index contributed by atoms with van der Waals surface area (Å²) in [5.41, 5.74) is 2.95. The molecule has 11 nitrogen and oxygen atoms in total. The van der Waals surface area contributed by atoms with Gasteiger partial charge in [0, 0.05) is 19.2 Å². The quantitative estimate of drug-likeness (QED) is 0.456. The number of sulfonamides is 1. The van der Waals surface area contributed by atoms with Crippen LogP contribution in [0.25, 0.3) is 11.0 Å². The second-order valence-electron chi connectivity index (χ2n) is 8.82. The fourth-order valence-corrected chi connectivity index (χ4v) is 5.90. The number of hydrogen-bond donors (Lipinski definition) is 3. The molecule has 0 radical (unpaired) electrons. The summed E-state index contributed by atoms with van der Waals surface area (Å²) < 4.78 is 37.1. The van der Waals surface area contributed by atoms with E-state index in [4.69, 9.17) is 14.5 Å². The van der Waals surface area contributed by atoms with E-state index >= 15 is 0 Å². The maximum Gasteiger partial charge on any atom is 0.318 e. The van der Waals surface area contributed by atoms with Crippen LogP contribution >= 0.6 is 0 Å². The fourth-order valence-electron chi connectivity index (χ4n) is 4.47. The molecule has 3 heterocycles. The Bertz CT molecular complexity index is 1380. The Hall–Kier alpha value is -3.64. The first-order chi connectivity index (χ1) is 17.3. The fraction of sp³-hybridized carbons (Fsp3) is 0.375. The maximum atomic E-state index is 13.0. The average molecular weight is 514 g/mol. The van der Waals surface area contributed by atoms with Gasteiger partial charge >= 0.3 is 6.03 Å². The molecule has 36 heavy (non-hydrogen) atoms. The van der Waals surface area contributed by atoms with Crippen LogP contribution in [0.15, 0.2) is 42.5 Å². The van der Waals surface area contributed by atoms with Gasteiger partial charge in [0.1, 0.15) is 16.8 Å². The number of benzene rings is 2. The van der Waals surface area contributed by atoms with Crippen LogP contribution in [0.2, 0.25) is 0 Å². The molecule has 0 spiro atoms. The molecule has 3 amide bonds. The number of H-pyrrole nitrogens is 1. The van der Waals surface area contributed by atoms with Crippen LogP contribution in [0.1, 0.15) is 34.7 Å². The number of nitrogens with zero attached hydrogens (tertiary/aromatic N) is 2. The number of urea groups is 1. The van der Waals surface area contributed by atoms with Gasteiger partial charge in [-0.1, -0.05) is 24.3 Å². The van der Waals surface area contributed by atoms with Gasteiger partial charge in [0.2, 0.25) is 15.9 Å². The molecule has 0 saturated carbocycles. The molecule has 2 fully saturated rings. The number of hydrogen-bond acceptors (Lipinski definition) is 7. The molecule has 190 valence electrons. The van der Waals surface area contributed by atoms with E-state index in [0.29, 0.717) is 49.9 Å². The van der Waals surface area contributed by atoms with Crippen molar-refractivity contribution in [1.82, 2.24) is 24.9 Å². The van der Waals surface area contributed by atoms with Gasteiger partial charge in [0.25, 0.3) is 0 Å². The van der Waals surface area contributed by atoms with Crippen LogP contribution in [0.5, 0.6) is 5.75 Å². The van der Waals surface area contributed by atoms with E-state index in [-0.39, 0.29) is 12.5 Å². The van der Waals surface area contributed by atoms with Gasteiger partial charge in [-0.05, 0) is 29.7 Å². The first kappa shape index (κ1) is 24.1. The molecule has 2 aliphatic rings. The number of carbonyl (C=O) groups is 2. The van der Waals surface area contributed by atoms with Crippen LogP contribution in [0, 0.1) is 0 Å². The summed E-state index contributed by atoms with van der Waals surface area (Å²) in [5, 5.41) is 2.18. The van der Waals surface area contributed by atoms with Crippen LogP contribution in [-0.4, -0.2) is 68.6 Å². The summed E-state index contributed by atoms with van der Waals surface area (Å²) in [6.07, 6.45) is 0.324. The Morgan fingerprint density at radius 2 is 1.97 bits per heavy atom. The lowest BCUT2D eigenvalue weighted by atomic mass is 10.0. The van der Waals surface area contributed by atoms with Crippen LogP contribution < -0.4 is 14.8 Å². The normalized spacial score (nSPS) is 20.2. The van der Waals surface area contributed by atoms with Crippen molar-refractivity contribution in [3.8, 4) is 5.75 Å². The highest BCUT2D eigenvalue weighted by atomic mass is 32.2. The smallest absolute Gasteiger partial charge is 0.318 e. The lowest BCUT2D eigenvalue weighted by molar-refractivity contribution is -0.118. The Kier molecular flexibility index (Phi) is 6.54. The molecule has 2 aromatic carbocycles. The van der Waals surface area contributed by atoms with E-state index in [2.05, 4.69) is 10.3 Å². The molecular formula is C24H27N5O6S. The topological polar surface area (TPSA) is 143 Å². The molecule has 2 atom stereocenters. The summed E-state index contributed by atoms with van der Waals surface area (Å²) in [7, 11) is -2.12. The van der Waals surface area contributed by atoms with Crippen molar-refractivity contribution in [3.05, 3.63) is 59.4 Å². The predicted molar refractivity (Wildman–Crippen MR) is 131 cm³/mol. The highest BCUT2D eigenvalue weighted by molar-refractivity contribution is 7.90. The minimum atomic E-state index is -3.71. The number of nitrogens with one attached hydrogen (secondary N) is 3. The Morgan fingerprint density at radius 1 is 1.22 bits per heavy atom. The van der Waals surface area contributed by atoms with Gasteiger partial charge < -0.3 is 24.7 Å². The van der Waals surface area contributed by atoms with E-state index in [0.717, 1.165) is 16.6 Å². The molecule has 2 saturated heterocycles. The van der Waals surface area contributed by atoms with Crippen LogP contribution in [0.3, 0.4) is 0 Å². The number of ether oxygens (including phenoxy) is 2. The zero-order valence-corrected chi connectivity index (χ0v) is 20.5. The number of aromatic amines is 1. The SMILES string of the molecule is COc1ccc2nc([C@H](Cc3ccc(C4CC(=O)NS4(=O)=O)cc3)NC(=O)N3CCOCC3)[nH]c2c1. The van der Waals surface area contributed by atoms with E-state index in [1.54, 1.807) is 24.1 Å². The van der Waals surface area contributed by atoms with Crippen LogP contribution in [0.4, 0.5) is 4.79 Å². The molecule has 3 aromatic rings. The molecule has 5 rings (SSSR count). The first-order valence-corrected chi connectivity index (χ1v) is 13.2. The van der Waals surface area contributed by atoms with E-state index in [1.807, 2.05) is 35.1 Å². The third-order valence-corrected chi connectivity index (χ3v) is 8.13. The minimum Gasteiger partial charge on any atom is -0.497 e. The second kappa shape index (κ2) is 9.78. The summed E-state index contributed by atoms with van der Waals surface area (Å²) in [6, 6.07) is 11.9. The van der Waals surface area contributed by atoms with Crippen LogP contribution in [-0.2, 0) is 26.0 Å². The van der Waals surface area contributed by atoms with Crippen molar-refractivity contribution < 1.29 is 27.5 Å². The summed E-state index contributed by atoms with van der Waals surface area (Å²) in [5.74, 6) is 0.783. The first-order valence-electron chi connectivity index (χ1n) is 11.6. The second-order valence-corrected chi connectivity index (χ2v) is 10.7. The molecule has 1 aromatic heterocycles. The number of fused-ring (bicyclic) bond motifs is 1. The Morgan fingerprint density at radius 3 is 2.64 bits per heavy atom. The number of morpholine rings is 1. The molecule has 0 bridgehead atoms. The molecule has 0 aliphatic carbocycles. The lowest BCUT2D eigenvalue weighted by Crippen LogP contribution is -2.47. The van der Waals surface area contributed by atoms with Gasteiger partial charge in [0.15, 0.2) is 0 Å². The Balaban J connectivity index is 1.40. The Labute approximate surface area is 208 Å². The standard InChI is InChI=1S/C24H27N5O6S/c1-34-17-6-7-18-19(13-17)26-23(25-18)20(27-24(31)29-8-10-35-11-9-29)12-15-2-4-16(5-3-15)21-14-22(30)28-36(21,32)33/h2-7,13,20-21H,8-12,14H2,1H3,(H,25,26)(H,27,31)(H,28,30)/t20-,21?/m0/s1. The zero-order valence-electron chi connectivity index (χ0n) is 19.7. The number of imidazole rings is 1. The number of methoxy groups -OCH3 is 1. The summed E-state index contributed by atoms with van der Waals surface area (Å²) in [6.45, 7) is 2.00. The zero-order chi connectivity index (χ0) is 25.3. The molecule has 12 heteroatoms. The third-order valence-electron chi connectivity index (χ3n) is 6.43. The number of rotatable bonds is 6. The molecule has 2 aliphatic heterocycles. The van der Waals surface area contributed by atoms with Gasteiger partial charge in [0.05, 0.1) is 43.8 Å².